The molecule has 4 nitrogen and oxygen atoms in total. The van der Waals surface area contributed by atoms with Crippen LogP contribution in [0.4, 0.5) is 64.1 Å². The lowest BCUT2D eigenvalue weighted by Crippen LogP contribution is -2.43. The molecular weight excluding hydrogens is 584 g/mol. The molecule has 0 saturated carbocycles. The number of unbranched alkanes of at least 4 members (excludes halogenated alkanes) is 2. The van der Waals surface area contributed by atoms with Gasteiger partial charge in [-0.1, -0.05) is 26.2 Å². The Labute approximate surface area is 225 Å². The summed E-state index contributed by atoms with van der Waals surface area (Å²) in [6, 6.07) is -0.573. The molecule has 3 rings (SSSR count). The van der Waals surface area contributed by atoms with E-state index in [0.717, 1.165) is 11.2 Å². The molecule has 2 aromatic carbocycles. The summed E-state index contributed by atoms with van der Waals surface area (Å²) >= 11 is 0. The normalized spacial score (nSPS) is 18.9. The summed E-state index contributed by atoms with van der Waals surface area (Å²) in [6.45, 7) is 1.84. The van der Waals surface area contributed by atoms with E-state index >= 15 is 0 Å². The monoisotopic (exact) mass is 606 g/mol. The Morgan fingerprint density at radius 1 is 0.707 bits per heavy atom. The van der Waals surface area contributed by atoms with Crippen LogP contribution in [0.2, 0.25) is 0 Å². The van der Waals surface area contributed by atoms with Crippen LogP contribution in [-0.2, 0) is 24.7 Å². The van der Waals surface area contributed by atoms with Crippen LogP contribution >= 0.6 is 0 Å². The molecule has 1 aliphatic rings. The molecule has 0 bridgehead atoms. The standard InChI is InChI=1S/C25H22F12N4/c1-2-3-4-5-21-20(40-39-18-10-14(22(26,27)28)8-15(11-18)23(29,30)31)6-7-38-41(21)19-12-16(24(32,33)34)9-17(13-19)25(35,36)37/h7-13,20-21H,2-6H2,1H3. The summed E-state index contributed by atoms with van der Waals surface area (Å²) in [5.41, 5.74) is -7.78. The van der Waals surface area contributed by atoms with E-state index < -0.39 is 70.4 Å². The third kappa shape index (κ3) is 8.35. The lowest BCUT2D eigenvalue weighted by atomic mass is 9.96. The van der Waals surface area contributed by atoms with Crippen molar-refractivity contribution in [1.29, 1.82) is 0 Å². The van der Waals surface area contributed by atoms with Crippen LogP contribution in [0.1, 0.15) is 61.3 Å². The van der Waals surface area contributed by atoms with E-state index in [0.29, 0.717) is 43.5 Å². The van der Waals surface area contributed by atoms with Crippen molar-refractivity contribution in [2.75, 3.05) is 5.01 Å². The van der Waals surface area contributed by atoms with Crippen LogP contribution in [0, 0.1) is 0 Å². The Kier molecular flexibility index (Phi) is 9.33. The van der Waals surface area contributed by atoms with Crippen molar-refractivity contribution < 1.29 is 52.7 Å². The zero-order valence-corrected chi connectivity index (χ0v) is 21.1. The van der Waals surface area contributed by atoms with Gasteiger partial charge in [0.05, 0.1) is 45.7 Å². The van der Waals surface area contributed by atoms with E-state index in [-0.39, 0.29) is 25.0 Å². The molecule has 0 saturated heterocycles. The summed E-state index contributed by atoms with van der Waals surface area (Å²) in [7, 11) is 0. The number of rotatable bonds is 7. The van der Waals surface area contributed by atoms with Crippen LogP contribution in [0.15, 0.2) is 51.7 Å². The van der Waals surface area contributed by atoms with Gasteiger partial charge in [-0.3, -0.25) is 5.01 Å². The molecule has 41 heavy (non-hydrogen) atoms. The van der Waals surface area contributed by atoms with Crippen molar-refractivity contribution in [3.05, 3.63) is 58.7 Å². The van der Waals surface area contributed by atoms with Gasteiger partial charge in [-0.25, -0.2) is 0 Å². The molecule has 2 atom stereocenters. The highest BCUT2D eigenvalue weighted by Gasteiger charge is 2.40. The summed E-state index contributed by atoms with van der Waals surface area (Å²) in [5, 5.41) is 12.3. The molecule has 0 N–H and O–H groups in total. The molecule has 2 aromatic rings. The van der Waals surface area contributed by atoms with Gasteiger partial charge in [0.15, 0.2) is 0 Å². The first-order chi connectivity index (χ1) is 18.8. The third-order valence-corrected chi connectivity index (χ3v) is 6.15. The van der Waals surface area contributed by atoms with Crippen molar-refractivity contribution in [2.45, 2.75) is 75.8 Å². The SMILES string of the molecule is CCCCCC1C(N=Nc2cc(C(F)(F)F)cc(C(F)(F)F)c2)CC=NN1c1cc(C(F)(F)F)cc(C(F)(F)F)c1. The van der Waals surface area contributed by atoms with Gasteiger partial charge in [-0.2, -0.15) is 68.0 Å². The van der Waals surface area contributed by atoms with Gasteiger partial charge in [0.25, 0.3) is 0 Å². The fourth-order valence-corrected chi connectivity index (χ4v) is 4.16. The first-order valence-electron chi connectivity index (χ1n) is 12.1. The molecule has 0 spiro atoms. The highest BCUT2D eigenvalue weighted by atomic mass is 19.4. The smallest absolute Gasteiger partial charge is 0.261 e. The van der Waals surface area contributed by atoms with Gasteiger partial charge in [-0.05, 0) is 42.8 Å². The Balaban J connectivity index is 2.07. The highest BCUT2D eigenvalue weighted by molar-refractivity contribution is 5.65. The van der Waals surface area contributed by atoms with Crippen molar-refractivity contribution in [1.82, 2.24) is 0 Å². The Morgan fingerprint density at radius 2 is 1.17 bits per heavy atom. The molecular formula is C25H22F12N4. The molecule has 226 valence electrons. The quantitative estimate of drug-likeness (QED) is 0.176. The second-order valence-electron chi connectivity index (χ2n) is 9.25. The summed E-state index contributed by atoms with van der Waals surface area (Å²) in [4.78, 5) is 0. The lowest BCUT2D eigenvalue weighted by molar-refractivity contribution is -0.144. The fraction of sp³-hybridized carbons (Fsp3) is 0.480. The van der Waals surface area contributed by atoms with Gasteiger partial charge in [0.1, 0.15) is 0 Å². The molecule has 2 unspecified atom stereocenters. The van der Waals surface area contributed by atoms with E-state index in [1.54, 1.807) is 0 Å². The molecule has 1 heterocycles. The molecule has 1 aliphatic heterocycles. The van der Waals surface area contributed by atoms with E-state index in [1.807, 2.05) is 6.92 Å². The van der Waals surface area contributed by atoms with Crippen molar-refractivity contribution in [3.63, 3.8) is 0 Å². The summed E-state index contributed by atoms with van der Waals surface area (Å²) in [5.74, 6) is 0. The second kappa shape index (κ2) is 11.9. The van der Waals surface area contributed by atoms with Gasteiger partial charge in [0, 0.05) is 12.6 Å². The van der Waals surface area contributed by atoms with Crippen molar-refractivity contribution in [3.8, 4) is 0 Å². The minimum atomic E-state index is -5.14. The maximum Gasteiger partial charge on any atom is 0.416 e. The Hall–Kier alpha value is -3.33. The molecule has 0 fully saturated rings. The first-order valence-corrected chi connectivity index (χ1v) is 12.1. The number of hydrazone groups is 1. The lowest BCUT2D eigenvalue weighted by Gasteiger charge is -2.36. The van der Waals surface area contributed by atoms with E-state index in [2.05, 4.69) is 15.3 Å². The number of azo groups is 1. The topological polar surface area (TPSA) is 40.3 Å². The number of nitrogens with zero attached hydrogens (tertiary/aromatic N) is 4. The van der Waals surface area contributed by atoms with Crippen LogP contribution in [0.25, 0.3) is 0 Å². The van der Waals surface area contributed by atoms with E-state index in [4.69, 9.17) is 0 Å². The zero-order chi connectivity index (χ0) is 30.8. The Morgan fingerprint density at radius 3 is 1.61 bits per heavy atom. The van der Waals surface area contributed by atoms with E-state index in [9.17, 15) is 52.7 Å². The molecule has 0 amide bonds. The van der Waals surface area contributed by atoms with Gasteiger partial charge >= 0.3 is 24.7 Å². The van der Waals surface area contributed by atoms with Crippen LogP contribution in [0.3, 0.4) is 0 Å². The number of benzene rings is 2. The molecule has 0 aliphatic carbocycles. The predicted octanol–water partition coefficient (Wildman–Crippen LogP) is 10.1. The van der Waals surface area contributed by atoms with Gasteiger partial charge in [-0.15, -0.1) is 0 Å². The maximum atomic E-state index is 13.4. The Bertz CT molecular complexity index is 1190. The predicted molar refractivity (Wildman–Crippen MR) is 125 cm³/mol. The number of alkyl halides is 12. The number of halogens is 12. The van der Waals surface area contributed by atoms with Gasteiger partial charge < -0.3 is 0 Å². The average molecular weight is 606 g/mol. The van der Waals surface area contributed by atoms with Crippen LogP contribution in [-0.4, -0.2) is 18.3 Å². The summed E-state index contributed by atoms with van der Waals surface area (Å²) in [6.07, 6.45) is -17.6. The number of hydrogen-bond acceptors (Lipinski definition) is 4. The van der Waals surface area contributed by atoms with Crippen molar-refractivity contribution >= 4 is 17.6 Å². The number of hydrogen-bond donors (Lipinski definition) is 0. The highest BCUT2D eigenvalue weighted by Crippen LogP contribution is 2.41. The number of anilines is 1. The van der Waals surface area contributed by atoms with Gasteiger partial charge in [0.2, 0.25) is 0 Å². The van der Waals surface area contributed by atoms with Crippen LogP contribution < -0.4 is 5.01 Å². The molecule has 0 aromatic heterocycles. The van der Waals surface area contributed by atoms with E-state index in [1.165, 1.54) is 0 Å². The third-order valence-electron chi connectivity index (χ3n) is 6.15. The first kappa shape index (κ1) is 32.2. The maximum absolute atomic E-state index is 13.4. The minimum Gasteiger partial charge on any atom is -0.261 e. The largest absolute Gasteiger partial charge is 0.416 e. The summed E-state index contributed by atoms with van der Waals surface area (Å²) < 4.78 is 160. The zero-order valence-electron chi connectivity index (χ0n) is 21.1. The van der Waals surface area contributed by atoms with Crippen molar-refractivity contribution in [2.24, 2.45) is 15.3 Å². The fourth-order valence-electron chi connectivity index (χ4n) is 4.16. The molecule has 16 heteroatoms. The van der Waals surface area contributed by atoms with Crippen LogP contribution in [0.5, 0.6) is 0 Å². The second-order valence-corrected chi connectivity index (χ2v) is 9.25. The minimum absolute atomic E-state index is 0.0493. The average Bonchev–Trinajstić information content (AvgIpc) is 2.85. The molecule has 0 radical (unpaired) electrons.